The van der Waals surface area contributed by atoms with Gasteiger partial charge in [0.2, 0.25) is 0 Å². The van der Waals surface area contributed by atoms with Gasteiger partial charge in [-0.2, -0.15) is 0 Å². The molecule has 0 N–H and O–H groups in total. The third-order valence-electron chi connectivity index (χ3n) is 6.98. The van der Waals surface area contributed by atoms with Crippen molar-refractivity contribution in [3.63, 3.8) is 0 Å². The molecular formula is C38H26O2S. The molecule has 0 aromatic heterocycles. The quantitative estimate of drug-likeness (QED) is 0.178. The number of ketones is 2. The van der Waals surface area contributed by atoms with Crippen LogP contribution in [0.4, 0.5) is 0 Å². The topological polar surface area (TPSA) is 34.1 Å². The maximum absolute atomic E-state index is 12.9. The lowest BCUT2D eigenvalue weighted by Gasteiger charge is -2.13. The molecular weight excluding hydrogens is 520 g/mol. The van der Waals surface area contributed by atoms with Crippen LogP contribution < -0.4 is 0 Å². The highest BCUT2D eigenvalue weighted by molar-refractivity contribution is 7.99. The third kappa shape index (κ3) is 5.81. The molecule has 0 aliphatic rings. The average Bonchev–Trinajstić information content (AvgIpc) is 3.06. The van der Waals surface area contributed by atoms with Crippen LogP contribution in [0.5, 0.6) is 0 Å². The second-order valence-electron chi connectivity index (χ2n) is 9.64. The van der Waals surface area contributed by atoms with E-state index in [0.29, 0.717) is 22.3 Å². The minimum absolute atomic E-state index is 0.0187. The second-order valence-corrected chi connectivity index (χ2v) is 10.7. The fourth-order valence-corrected chi connectivity index (χ4v) is 5.94. The van der Waals surface area contributed by atoms with Crippen molar-refractivity contribution in [2.75, 3.05) is 0 Å². The first-order chi connectivity index (χ1) is 20.2. The molecule has 0 heterocycles. The van der Waals surface area contributed by atoms with Crippen molar-refractivity contribution in [1.29, 1.82) is 0 Å². The average molecular weight is 547 g/mol. The maximum Gasteiger partial charge on any atom is 0.193 e. The van der Waals surface area contributed by atoms with Crippen LogP contribution in [0.3, 0.4) is 0 Å². The van der Waals surface area contributed by atoms with Gasteiger partial charge < -0.3 is 0 Å². The lowest BCUT2D eigenvalue weighted by molar-refractivity contribution is 0.103. The molecule has 0 radical (unpaired) electrons. The van der Waals surface area contributed by atoms with Gasteiger partial charge in [-0.1, -0.05) is 157 Å². The van der Waals surface area contributed by atoms with Crippen molar-refractivity contribution in [3.8, 4) is 22.3 Å². The Bertz CT molecular complexity index is 1670. The van der Waals surface area contributed by atoms with E-state index in [1.807, 2.05) is 133 Å². The van der Waals surface area contributed by atoms with Crippen LogP contribution in [-0.2, 0) is 0 Å². The van der Waals surface area contributed by atoms with Crippen molar-refractivity contribution in [3.05, 3.63) is 180 Å². The van der Waals surface area contributed by atoms with E-state index in [1.165, 1.54) is 0 Å². The number of hydrogen-bond acceptors (Lipinski definition) is 3. The summed E-state index contributed by atoms with van der Waals surface area (Å²) in [6, 6.07) is 51.0. The molecule has 0 spiro atoms. The molecule has 3 heteroatoms. The molecule has 0 saturated carbocycles. The smallest absolute Gasteiger partial charge is 0.193 e. The van der Waals surface area contributed by atoms with Gasteiger partial charge >= 0.3 is 0 Å². The Morgan fingerprint density at radius 1 is 0.341 bits per heavy atom. The lowest BCUT2D eigenvalue weighted by Crippen LogP contribution is -2.00. The Morgan fingerprint density at radius 2 is 0.659 bits per heavy atom. The highest BCUT2D eigenvalue weighted by Crippen LogP contribution is 2.40. The monoisotopic (exact) mass is 546 g/mol. The Balaban J connectivity index is 1.26. The van der Waals surface area contributed by atoms with E-state index in [9.17, 15) is 9.59 Å². The molecule has 6 aromatic carbocycles. The first kappa shape index (κ1) is 26.2. The van der Waals surface area contributed by atoms with E-state index in [2.05, 4.69) is 24.3 Å². The van der Waals surface area contributed by atoms with E-state index >= 15 is 0 Å². The first-order valence-electron chi connectivity index (χ1n) is 13.4. The van der Waals surface area contributed by atoms with Crippen molar-refractivity contribution < 1.29 is 9.59 Å². The van der Waals surface area contributed by atoms with Gasteiger partial charge in [0.15, 0.2) is 11.6 Å². The fourth-order valence-electron chi connectivity index (χ4n) is 4.82. The number of carbonyl (C=O) groups excluding carboxylic acids is 2. The Labute approximate surface area is 244 Å². The van der Waals surface area contributed by atoms with E-state index in [1.54, 1.807) is 11.8 Å². The van der Waals surface area contributed by atoms with Gasteiger partial charge in [0.05, 0.1) is 0 Å². The second kappa shape index (κ2) is 12.0. The highest BCUT2D eigenvalue weighted by atomic mass is 32.2. The SMILES string of the molecule is O=C(c1ccccc1)c1ccc(-c2ccccc2Sc2ccccc2-c2ccc(C(=O)c3ccccc3)cc2)cc1. The van der Waals surface area contributed by atoms with E-state index in [-0.39, 0.29) is 11.6 Å². The van der Waals surface area contributed by atoms with Gasteiger partial charge in [0, 0.05) is 32.0 Å². The van der Waals surface area contributed by atoms with Crippen molar-refractivity contribution >= 4 is 23.3 Å². The van der Waals surface area contributed by atoms with Gasteiger partial charge in [-0.15, -0.1) is 0 Å². The van der Waals surface area contributed by atoms with E-state index in [4.69, 9.17) is 0 Å². The first-order valence-corrected chi connectivity index (χ1v) is 14.3. The predicted octanol–water partition coefficient (Wildman–Crippen LogP) is 9.63. The zero-order valence-corrected chi connectivity index (χ0v) is 23.1. The maximum atomic E-state index is 12.9. The summed E-state index contributed by atoms with van der Waals surface area (Å²) in [7, 11) is 0. The summed E-state index contributed by atoms with van der Waals surface area (Å²) in [5.74, 6) is 0.0375. The van der Waals surface area contributed by atoms with E-state index in [0.717, 1.165) is 32.0 Å². The largest absolute Gasteiger partial charge is 0.289 e. The van der Waals surface area contributed by atoms with Gasteiger partial charge in [-0.25, -0.2) is 0 Å². The standard InChI is InChI=1S/C38H26O2S/c39-37(29-11-3-1-4-12-29)31-23-19-27(20-24-31)33-15-7-9-17-35(33)41-36-18-10-8-16-34(36)28-21-25-32(26-22-28)38(40)30-13-5-2-6-14-30/h1-26H. The summed E-state index contributed by atoms with van der Waals surface area (Å²) in [6.07, 6.45) is 0. The molecule has 0 atom stereocenters. The zero-order valence-electron chi connectivity index (χ0n) is 22.2. The summed E-state index contributed by atoms with van der Waals surface area (Å²) in [5, 5.41) is 0. The number of carbonyl (C=O) groups is 2. The van der Waals surface area contributed by atoms with Crippen LogP contribution in [0.1, 0.15) is 31.8 Å². The summed E-state index contributed by atoms with van der Waals surface area (Å²) in [6.45, 7) is 0. The van der Waals surface area contributed by atoms with E-state index < -0.39 is 0 Å². The van der Waals surface area contributed by atoms with Gasteiger partial charge in [-0.3, -0.25) is 9.59 Å². The van der Waals surface area contributed by atoms with Crippen LogP contribution in [0.15, 0.2) is 168 Å². The summed E-state index contributed by atoms with van der Waals surface area (Å²) in [4.78, 5) is 28.0. The number of benzene rings is 6. The molecule has 6 aromatic rings. The normalized spacial score (nSPS) is 10.7. The number of hydrogen-bond donors (Lipinski definition) is 0. The Hall–Kier alpha value is -4.99. The van der Waals surface area contributed by atoms with Crippen molar-refractivity contribution in [2.24, 2.45) is 0 Å². The lowest BCUT2D eigenvalue weighted by atomic mass is 9.99. The Morgan fingerprint density at radius 3 is 1.05 bits per heavy atom. The van der Waals surface area contributed by atoms with Crippen LogP contribution in [0, 0.1) is 0 Å². The molecule has 0 amide bonds. The minimum atomic E-state index is 0.0187. The molecule has 0 fully saturated rings. The molecule has 0 bridgehead atoms. The molecule has 196 valence electrons. The molecule has 41 heavy (non-hydrogen) atoms. The van der Waals surface area contributed by atoms with Crippen LogP contribution in [-0.4, -0.2) is 11.6 Å². The Kier molecular flexibility index (Phi) is 7.70. The van der Waals surface area contributed by atoms with Crippen molar-refractivity contribution in [1.82, 2.24) is 0 Å². The molecule has 0 aliphatic heterocycles. The van der Waals surface area contributed by atoms with Gasteiger partial charge in [0.1, 0.15) is 0 Å². The summed E-state index contributed by atoms with van der Waals surface area (Å²) >= 11 is 1.71. The molecule has 2 nitrogen and oxygen atoms in total. The van der Waals surface area contributed by atoms with Gasteiger partial charge in [-0.05, 0) is 34.4 Å². The fraction of sp³-hybridized carbons (Fsp3) is 0. The zero-order chi connectivity index (χ0) is 28.0. The number of rotatable bonds is 8. The molecule has 6 rings (SSSR count). The summed E-state index contributed by atoms with van der Waals surface area (Å²) in [5.41, 5.74) is 7.03. The van der Waals surface area contributed by atoms with Crippen molar-refractivity contribution in [2.45, 2.75) is 9.79 Å². The van der Waals surface area contributed by atoms with Gasteiger partial charge in [0.25, 0.3) is 0 Å². The highest BCUT2D eigenvalue weighted by Gasteiger charge is 2.14. The molecule has 0 saturated heterocycles. The molecule has 0 unspecified atom stereocenters. The minimum Gasteiger partial charge on any atom is -0.289 e. The third-order valence-corrected chi connectivity index (χ3v) is 8.13. The van der Waals surface area contributed by atoms with Crippen LogP contribution in [0.25, 0.3) is 22.3 Å². The van der Waals surface area contributed by atoms with Crippen LogP contribution in [0.2, 0.25) is 0 Å². The van der Waals surface area contributed by atoms with Crippen LogP contribution >= 0.6 is 11.8 Å². The summed E-state index contributed by atoms with van der Waals surface area (Å²) < 4.78 is 0. The predicted molar refractivity (Wildman–Crippen MR) is 168 cm³/mol. The molecule has 0 aliphatic carbocycles.